The van der Waals surface area contributed by atoms with Gasteiger partial charge in [0.1, 0.15) is 22.9 Å². The highest BCUT2D eigenvalue weighted by Gasteiger charge is 2.35. The van der Waals surface area contributed by atoms with Crippen LogP contribution in [0.5, 0.6) is 5.75 Å². The predicted octanol–water partition coefficient (Wildman–Crippen LogP) is 9.33. The van der Waals surface area contributed by atoms with Crippen LogP contribution >= 0.6 is 23.2 Å². The number of halogens is 7. The zero-order valence-corrected chi connectivity index (χ0v) is 21.8. The molecular weight excluding hydrogens is 558 g/mol. The molecule has 1 atom stereocenters. The number of hydrogen-bond acceptors (Lipinski definition) is 2. The molecule has 0 bridgehead atoms. The molecule has 0 radical (unpaired) electrons. The molecule has 1 heterocycles. The number of nitrogens with zero attached hydrogens (tertiary/aromatic N) is 2. The van der Waals surface area contributed by atoms with Gasteiger partial charge in [-0.1, -0.05) is 71.7 Å². The van der Waals surface area contributed by atoms with Gasteiger partial charge >= 0.3 is 6.18 Å². The van der Waals surface area contributed by atoms with Crippen molar-refractivity contribution in [2.75, 3.05) is 0 Å². The number of aromatic nitrogens is 2. The number of para-hydroxylation sites is 1. The van der Waals surface area contributed by atoms with E-state index in [0.717, 1.165) is 12.1 Å². The van der Waals surface area contributed by atoms with Crippen molar-refractivity contribution in [2.24, 2.45) is 0 Å². The van der Waals surface area contributed by atoms with Gasteiger partial charge < -0.3 is 4.74 Å². The molecule has 3 nitrogen and oxygen atoms in total. The monoisotopic (exact) mass is 576 g/mol. The first-order chi connectivity index (χ1) is 18.5. The lowest BCUT2D eigenvalue weighted by atomic mass is 10.0. The van der Waals surface area contributed by atoms with Gasteiger partial charge in [-0.2, -0.15) is 18.3 Å². The van der Waals surface area contributed by atoms with Crippen LogP contribution in [0.4, 0.5) is 22.0 Å². The summed E-state index contributed by atoms with van der Waals surface area (Å²) in [6.07, 6.45) is -4.68. The second-order valence-corrected chi connectivity index (χ2v) is 9.68. The first-order valence-electron chi connectivity index (χ1n) is 11.7. The summed E-state index contributed by atoms with van der Waals surface area (Å²) in [4.78, 5) is 0. The molecule has 0 saturated carbocycles. The summed E-state index contributed by atoms with van der Waals surface area (Å²) in [5.74, 6) is -0.988. The molecule has 0 N–H and O–H groups in total. The highest BCUT2D eigenvalue weighted by molar-refractivity contribution is 6.30. The molecule has 0 amide bonds. The summed E-state index contributed by atoms with van der Waals surface area (Å²) in [7, 11) is 0. The van der Waals surface area contributed by atoms with Crippen molar-refractivity contribution in [1.82, 2.24) is 9.78 Å². The summed E-state index contributed by atoms with van der Waals surface area (Å²) < 4.78 is 78.4. The number of alkyl halides is 4. The van der Waals surface area contributed by atoms with Crippen molar-refractivity contribution in [3.05, 3.63) is 118 Å². The maximum Gasteiger partial charge on any atom is 0.418 e. The van der Waals surface area contributed by atoms with E-state index in [4.69, 9.17) is 27.9 Å². The fraction of sp³-hybridized carbons (Fsp3) is 0.138. The number of aryl methyl sites for hydroxylation is 1. The third kappa shape index (κ3) is 5.31. The lowest BCUT2D eigenvalue weighted by molar-refractivity contribution is -0.136. The van der Waals surface area contributed by atoms with Gasteiger partial charge in [0, 0.05) is 27.1 Å². The van der Waals surface area contributed by atoms with Crippen LogP contribution in [0.2, 0.25) is 5.02 Å². The largest absolute Gasteiger partial charge is 0.469 e. The molecule has 0 aliphatic carbocycles. The Kier molecular flexibility index (Phi) is 7.27. The zero-order chi connectivity index (χ0) is 27.9. The van der Waals surface area contributed by atoms with E-state index in [9.17, 15) is 22.0 Å². The lowest BCUT2D eigenvalue weighted by Crippen LogP contribution is -2.08. The van der Waals surface area contributed by atoms with Crippen LogP contribution < -0.4 is 4.74 Å². The van der Waals surface area contributed by atoms with E-state index in [1.165, 1.54) is 35.0 Å². The minimum atomic E-state index is -4.68. The maximum atomic E-state index is 14.7. The second-order valence-electron chi connectivity index (χ2n) is 8.85. The lowest BCUT2D eigenvalue weighted by Gasteiger charge is -2.18. The van der Waals surface area contributed by atoms with Crippen LogP contribution in [0.1, 0.15) is 27.8 Å². The van der Waals surface area contributed by atoms with Crippen LogP contribution in [0.15, 0.2) is 78.9 Å². The quantitative estimate of drug-likeness (QED) is 0.149. The molecule has 5 rings (SSSR count). The third-order valence-electron chi connectivity index (χ3n) is 6.25. The summed E-state index contributed by atoms with van der Waals surface area (Å²) in [6, 6.07) is 19.0. The Morgan fingerprint density at radius 2 is 1.69 bits per heavy atom. The predicted molar refractivity (Wildman–Crippen MR) is 141 cm³/mol. The molecule has 5 aromatic rings. The Morgan fingerprint density at radius 1 is 0.949 bits per heavy atom. The zero-order valence-electron chi connectivity index (χ0n) is 20.2. The number of benzene rings is 4. The van der Waals surface area contributed by atoms with Gasteiger partial charge in [0.25, 0.3) is 0 Å². The van der Waals surface area contributed by atoms with E-state index in [-0.39, 0.29) is 45.0 Å². The number of fused-ring (bicyclic) bond motifs is 1. The Labute approximate surface area is 230 Å². The Bertz CT molecular complexity index is 1680. The van der Waals surface area contributed by atoms with E-state index in [1.54, 1.807) is 43.3 Å². The van der Waals surface area contributed by atoms with Crippen LogP contribution in [0.3, 0.4) is 0 Å². The van der Waals surface area contributed by atoms with Crippen molar-refractivity contribution < 1.29 is 26.7 Å². The van der Waals surface area contributed by atoms with Gasteiger partial charge in [-0.25, -0.2) is 8.78 Å². The Balaban J connectivity index is 1.69. The van der Waals surface area contributed by atoms with E-state index in [2.05, 4.69) is 5.10 Å². The van der Waals surface area contributed by atoms with Crippen LogP contribution in [-0.2, 0) is 12.7 Å². The smallest absolute Gasteiger partial charge is 0.418 e. The SMILES string of the molecule is Cc1cccc(C(Cl)Oc2ccccc2-c2c3cccc(C(F)(F)F)c3nn2Cc2ccc(Cl)cc2F)c1F. The molecule has 39 heavy (non-hydrogen) atoms. The molecule has 200 valence electrons. The van der Waals surface area contributed by atoms with Crippen molar-refractivity contribution in [3.63, 3.8) is 0 Å². The molecule has 4 aromatic carbocycles. The van der Waals surface area contributed by atoms with Crippen molar-refractivity contribution in [3.8, 4) is 17.0 Å². The summed E-state index contributed by atoms with van der Waals surface area (Å²) in [5.41, 5.74) is -1.26. The summed E-state index contributed by atoms with van der Waals surface area (Å²) >= 11 is 12.3. The van der Waals surface area contributed by atoms with E-state index < -0.39 is 28.9 Å². The van der Waals surface area contributed by atoms with Crippen LogP contribution in [0.25, 0.3) is 22.2 Å². The number of ether oxygens (including phenoxy) is 1. The van der Waals surface area contributed by atoms with Gasteiger partial charge in [0.15, 0.2) is 0 Å². The van der Waals surface area contributed by atoms with Crippen molar-refractivity contribution >= 4 is 34.1 Å². The van der Waals surface area contributed by atoms with Crippen LogP contribution in [-0.4, -0.2) is 9.78 Å². The minimum absolute atomic E-state index is 0.104. The number of rotatable bonds is 6. The Hall–Kier alpha value is -3.62. The van der Waals surface area contributed by atoms with E-state index in [1.807, 2.05) is 0 Å². The first-order valence-corrected chi connectivity index (χ1v) is 12.5. The fourth-order valence-electron chi connectivity index (χ4n) is 4.38. The molecule has 10 heteroatoms. The standard InChI is InChI=1S/C29H19Cl2F5N2O/c1-16-6-4-8-20(25(16)33)28(31)39-24-11-3-2-7-19(24)27-21-9-5-10-22(29(34,35)36)26(21)37-38(27)15-17-12-13-18(30)14-23(17)32/h2-14,28H,15H2,1H3. The average Bonchev–Trinajstić information content (AvgIpc) is 3.24. The molecule has 0 spiro atoms. The van der Waals surface area contributed by atoms with Crippen LogP contribution in [0, 0.1) is 18.6 Å². The highest BCUT2D eigenvalue weighted by Crippen LogP contribution is 2.42. The molecule has 0 aliphatic heterocycles. The molecule has 0 saturated heterocycles. The van der Waals surface area contributed by atoms with Gasteiger partial charge in [-0.15, -0.1) is 0 Å². The average molecular weight is 577 g/mol. The molecule has 1 unspecified atom stereocenters. The maximum absolute atomic E-state index is 14.7. The van der Waals surface area contributed by atoms with Gasteiger partial charge in [-0.3, -0.25) is 4.68 Å². The minimum Gasteiger partial charge on any atom is -0.469 e. The second kappa shape index (κ2) is 10.5. The highest BCUT2D eigenvalue weighted by atomic mass is 35.5. The van der Waals surface area contributed by atoms with Gasteiger partial charge in [0.2, 0.25) is 5.56 Å². The Morgan fingerprint density at radius 3 is 2.44 bits per heavy atom. The van der Waals surface area contributed by atoms with Gasteiger partial charge in [-0.05, 0) is 42.8 Å². The van der Waals surface area contributed by atoms with Crippen molar-refractivity contribution in [2.45, 2.75) is 25.2 Å². The molecule has 0 aliphatic rings. The number of hydrogen-bond donors (Lipinski definition) is 0. The van der Waals surface area contributed by atoms with Crippen molar-refractivity contribution in [1.29, 1.82) is 0 Å². The fourth-order valence-corrected chi connectivity index (χ4v) is 4.80. The summed E-state index contributed by atoms with van der Waals surface area (Å²) in [5, 5.41) is 4.61. The summed E-state index contributed by atoms with van der Waals surface area (Å²) in [6.45, 7) is 1.39. The molecular formula is C29H19Cl2F5N2O. The third-order valence-corrected chi connectivity index (χ3v) is 6.81. The molecule has 0 fully saturated rings. The van der Waals surface area contributed by atoms with E-state index >= 15 is 0 Å². The topological polar surface area (TPSA) is 27.1 Å². The normalized spacial score (nSPS) is 12.6. The first kappa shape index (κ1) is 27.0. The van der Waals surface area contributed by atoms with Gasteiger partial charge in [0.05, 0.1) is 17.8 Å². The van der Waals surface area contributed by atoms with E-state index in [0.29, 0.717) is 11.1 Å². The molecule has 1 aromatic heterocycles.